The Morgan fingerprint density at radius 2 is 2.00 bits per heavy atom. The molecule has 0 fully saturated rings. The maximum Gasteiger partial charge on any atom is 0.0459 e. The van der Waals surface area contributed by atoms with E-state index in [1.807, 2.05) is 7.05 Å². The number of para-hydroxylation sites is 1. The largest absolute Gasteiger partial charge is 0.357 e. The zero-order valence-corrected chi connectivity index (χ0v) is 8.89. The van der Waals surface area contributed by atoms with Gasteiger partial charge in [-0.15, -0.1) is 0 Å². The van der Waals surface area contributed by atoms with Gasteiger partial charge >= 0.3 is 0 Å². The molecule has 1 aromatic carbocycles. The highest BCUT2D eigenvalue weighted by Crippen LogP contribution is 2.25. The summed E-state index contributed by atoms with van der Waals surface area (Å²) in [5, 5.41) is 4.58. The Morgan fingerprint density at radius 3 is 2.64 bits per heavy atom. The Balaban J connectivity index is 2.62. The molecule has 14 heavy (non-hydrogen) atoms. The summed E-state index contributed by atoms with van der Waals surface area (Å²) in [6.45, 7) is 4.33. The molecule has 2 rings (SSSR count). The lowest BCUT2D eigenvalue weighted by atomic mass is 10.1. The first kappa shape index (κ1) is 9.28. The van der Waals surface area contributed by atoms with Gasteiger partial charge < -0.3 is 10.3 Å². The SMILES string of the molecule is CN[C@H](C)c1[nH]c2ccccc2c1C. The zero-order valence-electron chi connectivity index (χ0n) is 8.89. The number of rotatable bonds is 2. The van der Waals surface area contributed by atoms with Crippen LogP contribution in [-0.2, 0) is 0 Å². The van der Waals surface area contributed by atoms with Crippen molar-refractivity contribution in [3.63, 3.8) is 0 Å². The molecule has 1 atom stereocenters. The van der Waals surface area contributed by atoms with E-state index in [0.717, 1.165) is 0 Å². The van der Waals surface area contributed by atoms with E-state index in [9.17, 15) is 0 Å². The maximum atomic E-state index is 3.45. The molecule has 1 heterocycles. The molecule has 2 heteroatoms. The first-order chi connectivity index (χ1) is 6.74. The van der Waals surface area contributed by atoms with Crippen molar-refractivity contribution in [3.8, 4) is 0 Å². The number of benzene rings is 1. The van der Waals surface area contributed by atoms with Gasteiger partial charge in [-0.1, -0.05) is 18.2 Å². The third-order valence-electron chi connectivity index (χ3n) is 2.87. The number of aryl methyl sites for hydroxylation is 1. The van der Waals surface area contributed by atoms with Crippen LogP contribution in [0.3, 0.4) is 0 Å². The number of nitrogens with one attached hydrogen (secondary N) is 2. The second-order valence-corrected chi connectivity index (χ2v) is 3.72. The number of fused-ring (bicyclic) bond motifs is 1. The molecule has 0 bridgehead atoms. The fourth-order valence-electron chi connectivity index (χ4n) is 1.88. The van der Waals surface area contributed by atoms with Gasteiger partial charge in [0.05, 0.1) is 0 Å². The van der Waals surface area contributed by atoms with E-state index >= 15 is 0 Å². The molecule has 0 radical (unpaired) electrons. The van der Waals surface area contributed by atoms with Gasteiger partial charge in [0.2, 0.25) is 0 Å². The van der Waals surface area contributed by atoms with E-state index < -0.39 is 0 Å². The number of hydrogen-bond acceptors (Lipinski definition) is 1. The molecular weight excluding hydrogens is 172 g/mol. The van der Waals surface area contributed by atoms with Crippen molar-refractivity contribution in [2.75, 3.05) is 7.05 Å². The summed E-state index contributed by atoms with van der Waals surface area (Å²) in [5.41, 5.74) is 3.86. The molecule has 2 nitrogen and oxygen atoms in total. The summed E-state index contributed by atoms with van der Waals surface area (Å²) in [7, 11) is 1.98. The minimum Gasteiger partial charge on any atom is -0.357 e. The van der Waals surface area contributed by atoms with Gasteiger partial charge in [0.25, 0.3) is 0 Å². The van der Waals surface area contributed by atoms with Gasteiger partial charge in [-0.2, -0.15) is 0 Å². The van der Waals surface area contributed by atoms with E-state index in [4.69, 9.17) is 0 Å². The summed E-state index contributed by atoms with van der Waals surface area (Å²) >= 11 is 0. The Hall–Kier alpha value is -1.28. The molecule has 2 N–H and O–H groups in total. The van der Waals surface area contributed by atoms with Gasteiger partial charge in [0.1, 0.15) is 0 Å². The molecule has 0 amide bonds. The van der Waals surface area contributed by atoms with Crippen LogP contribution < -0.4 is 5.32 Å². The monoisotopic (exact) mass is 188 g/mol. The molecule has 0 aliphatic heterocycles. The van der Waals surface area contributed by atoms with Crippen LogP contribution in [-0.4, -0.2) is 12.0 Å². The normalized spacial score (nSPS) is 13.4. The lowest BCUT2D eigenvalue weighted by molar-refractivity contribution is 0.634. The van der Waals surface area contributed by atoms with Crippen LogP contribution in [0.2, 0.25) is 0 Å². The predicted octanol–water partition coefficient (Wildman–Crippen LogP) is 2.76. The van der Waals surface area contributed by atoms with Crippen molar-refractivity contribution in [1.82, 2.24) is 10.3 Å². The molecule has 74 valence electrons. The molecule has 0 unspecified atom stereocenters. The van der Waals surface area contributed by atoms with Gasteiger partial charge in [-0.25, -0.2) is 0 Å². The van der Waals surface area contributed by atoms with Crippen LogP contribution in [0.4, 0.5) is 0 Å². The lowest BCUT2D eigenvalue weighted by Crippen LogP contribution is -2.13. The molecule has 0 saturated carbocycles. The molecule has 0 spiro atoms. The lowest BCUT2D eigenvalue weighted by Gasteiger charge is -2.08. The topological polar surface area (TPSA) is 27.8 Å². The Bertz CT molecular complexity index is 443. The van der Waals surface area contributed by atoms with Crippen molar-refractivity contribution in [2.24, 2.45) is 0 Å². The third-order valence-corrected chi connectivity index (χ3v) is 2.87. The molecule has 2 aromatic rings. The van der Waals surface area contributed by atoms with Crippen LogP contribution in [0.15, 0.2) is 24.3 Å². The summed E-state index contributed by atoms with van der Waals surface area (Å²) in [6.07, 6.45) is 0. The standard InChI is InChI=1S/C12H16N2/c1-8-10-6-4-5-7-11(10)14-12(8)9(2)13-3/h4-7,9,13-14H,1-3H3/t9-/m1/s1. The number of aromatic nitrogens is 1. The van der Waals surface area contributed by atoms with Crippen molar-refractivity contribution < 1.29 is 0 Å². The summed E-state index contributed by atoms with van der Waals surface area (Å²) < 4.78 is 0. The third kappa shape index (κ3) is 1.32. The van der Waals surface area contributed by atoms with Gasteiger partial charge in [-0.3, -0.25) is 0 Å². The van der Waals surface area contributed by atoms with Crippen molar-refractivity contribution in [3.05, 3.63) is 35.5 Å². The molecule has 0 aliphatic carbocycles. The second kappa shape index (κ2) is 3.46. The van der Waals surface area contributed by atoms with Crippen LogP contribution in [0.1, 0.15) is 24.2 Å². The number of hydrogen-bond donors (Lipinski definition) is 2. The molecule has 0 aliphatic rings. The quantitative estimate of drug-likeness (QED) is 0.745. The first-order valence-electron chi connectivity index (χ1n) is 4.98. The van der Waals surface area contributed by atoms with E-state index in [0.29, 0.717) is 6.04 Å². The van der Waals surface area contributed by atoms with Crippen LogP contribution in [0.5, 0.6) is 0 Å². The smallest absolute Gasteiger partial charge is 0.0459 e. The molecular formula is C12H16N2. The average molecular weight is 188 g/mol. The molecule has 1 aromatic heterocycles. The fourth-order valence-corrected chi connectivity index (χ4v) is 1.88. The fraction of sp³-hybridized carbons (Fsp3) is 0.333. The summed E-state index contributed by atoms with van der Waals surface area (Å²) in [5.74, 6) is 0. The second-order valence-electron chi connectivity index (χ2n) is 3.72. The molecule has 0 saturated heterocycles. The average Bonchev–Trinajstić information content (AvgIpc) is 2.56. The first-order valence-corrected chi connectivity index (χ1v) is 4.98. The summed E-state index contributed by atoms with van der Waals surface area (Å²) in [4.78, 5) is 3.45. The minimum atomic E-state index is 0.377. The Kier molecular flexibility index (Phi) is 2.30. The van der Waals surface area contributed by atoms with Crippen molar-refractivity contribution in [1.29, 1.82) is 0 Å². The predicted molar refractivity (Wildman–Crippen MR) is 60.5 cm³/mol. The summed E-state index contributed by atoms with van der Waals surface area (Å²) in [6, 6.07) is 8.80. The van der Waals surface area contributed by atoms with E-state index in [2.05, 4.69) is 48.4 Å². The van der Waals surface area contributed by atoms with Crippen LogP contribution in [0, 0.1) is 6.92 Å². The highest BCUT2D eigenvalue weighted by Gasteiger charge is 2.11. The van der Waals surface area contributed by atoms with Gasteiger partial charge in [-0.05, 0) is 32.5 Å². The minimum absolute atomic E-state index is 0.377. The van der Waals surface area contributed by atoms with Gasteiger partial charge in [0, 0.05) is 22.6 Å². The Morgan fingerprint density at radius 1 is 1.29 bits per heavy atom. The van der Waals surface area contributed by atoms with Crippen molar-refractivity contribution in [2.45, 2.75) is 19.9 Å². The van der Waals surface area contributed by atoms with E-state index in [-0.39, 0.29) is 0 Å². The number of aromatic amines is 1. The maximum absolute atomic E-state index is 3.45. The highest BCUT2D eigenvalue weighted by atomic mass is 14.9. The van der Waals surface area contributed by atoms with E-state index in [1.165, 1.54) is 22.2 Å². The zero-order chi connectivity index (χ0) is 10.1. The highest BCUT2D eigenvalue weighted by molar-refractivity contribution is 5.84. The number of H-pyrrole nitrogens is 1. The van der Waals surface area contributed by atoms with Crippen LogP contribution in [0.25, 0.3) is 10.9 Å². The Labute approximate surface area is 84.3 Å². The van der Waals surface area contributed by atoms with E-state index in [1.54, 1.807) is 0 Å². The van der Waals surface area contributed by atoms with Crippen molar-refractivity contribution >= 4 is 10.9 Å². The van der Waals surface area contributed by atoms with Crippen LogP contribution >= 0.6 is 0 Å². The van der Waals surface area contributed by atoms with Gasteiger partial charge in [0.15, 0.2) is 0 Å².